The highest BCUT2D eigenvalue weighted by atomic mass is 16.6. The van der Waals surface area contributed by atoms with Crippen molar-refractivity contribution in [2.75, 3.05) is 13.2 Å². The van der Waals surface area contributed by atoms with Gasteiger partial charge < -0.3 is 19.7 Å². The van der Waals surface area contributed by atoms with Gasteiger partial charge in [0, 0.05) is 0 Å². The Morgan fingerprint density at radius 1 is 0.900 bits per heavy atom. The molecule has 4 atom stereocenters. The number of ether oxygens (including phenoxy) is 2. The average Bonchev–Trinajstić information content (AvgIpc) is 2.41. The van der Waals surface area contributed by atoms with Crippen LogP contribution < -0.4 is 0 Å². The molecule has 10 heavy (non-hydrogen) atoms. The zero-order valence-electron chi connectivity index (χ0n) is 5.43. The van der Waals surface area contributed by atoms with E-state index in [-0.39, 0.29) is 25.4 Å². The Balaban J connectivity index is 2.09. The first-order valence-corrected chi connectivity index (χ1v) is 3.38. The lowest BCUT2D eigenvalue weighted by Crippen LogP contribution is -2.30. The van der Waals surface area contributed by atoms with Crippen LogP contribution in [0.3, 0.4) is 0 Å². The number of hydrogen-bond donors (Lipinski definition) is 2. The minimum absolute atomic E-state index is 0.284. The molecule has 58 valence electrons. The van der Waals surface area contributed by atoms with Crippen LogP contribution in [-0.2, 0) is 9.47 Å². The molecule has 0 bridgehead atoms. The van der Waals surface area contributed by atoms with Gasteiger partial charge in [-0.15, -0.1) is 0 Å². The zero-order chi connectivity index (χ0) is 7.14. The van der Waals surface area contributed by atoms with Crippen molar-refractivity contribution < 1.29 is 19.7 Å². The van der Waals surface area contributed by atoms with E-state index in [1.54, 1.807) is 0 Å². The van der Waals surface area contributed by atoms with E-state index in [0.717, 1.165) is 0 Å². The molecule has 2 saturated heterocycles. The van der Waals surface area contributed by atoms with Crippen molar-refractivity contribution >= 4 is 0 Å². The molecule has 0 aromatic carbocycles. The van der Waals surface area contributed by atoms with Gasteiger partial charge in [-0.05, 0) is 0 Å². The van der Waals surface area contributed by atoms with Crippen LogP contribution in [-0.4, -0.2) is 47.8 Å². The lowest BCUT2D eigenvalue weighted by molar-refractivity contribution is 0.00205. The number of aliphatic hydroxyl groups excluding tert-OH is 2. The van der Waals surface area contributed by atoms with Gasteiger partial charge in [-0.2, -0.15) is 0 Å². The van der Waals surface area contributed by atoms with Gasteiger partial charge in [0.1, 0.15) is 24.4 Å². The molecule has 2 aliphatic rings. The monoisotopic (exact) mass is 146 g/mol. The first-order valence-electron chi connectivity index (χ1n) is 3.38. The molecule has 0 aromatic heterocycles. The van der Waals surface area contributed by atoms with Gasteiger partial charge in [-0.3, -0.25) is 0 Å². The van der Waals surface area contributed by atoms with Crippen molar-refractivity contribution in [3.8, 4) is 0 Å². The highest BCUT2D eigenvalue weighted by Gasteiger charge is 2.46. The maximum Gasteiger partial charge on any atom is 0.114 e. The summed E-state index contributed by atoms with van der Waals surface area (Å²) in [5.41, 5.74) is 0. The second-order valence-corrected chi connectivity index (χ2v) is 2.73. The third kappa shape index (κ3) is 0.769. The molecule has 2 heterocycles. The van der Waals surface area contributed by atoms with Gasteiger partial charge in [0.15, 0.2) is 0 Å². The molecule has 2 N–H and O–H groups in total. The Kier molecular flexibility index (Phi) is 1.42. The SMILES string of the molecule is O[C@@H]1CO[C@H]2[C@H]1OC[C@@H]2O. The molecule has 0 unspecified atom stereocenters. The summed E-state index contributed by atoms with van der Waals surface area (Å²) in [7, 11) is 0. The smallest absolute Gasteiger partial charge is 0.114 e. The van der Waals surface area contributed by atoms with Crippen LogP contribution in [0.1, 0.15) is 0 Å². The molecule has 4 heteroatoms. The van der Waals surface area contributed by atoms with Crippen molar-refractivity contribution in [2.24, 2.45) is 0 Å². The summed E-state index contributed by atoms with van der Waals surface area (Å²) < 4.78 is 10.2. The summed E-state index contributed by atoms with van der Waals surface area (Å²) >= 11 is 0. The first kappa shape index (κ1) is 6.54. The van der Waals surface area contributed by atoms with E-state index in [1.807, 2.05) is 0 Å². The Labute approximate surface area is 58.4 Å². The molecular formula is C6H10O4. The van der Waals surface area contributed by atoms with Gasteiger partial charge in [-0.25, -0.2) is 0 Å². The third-order valence-electron chi connectivity index (χ3n) is 2.00. The fraction of sp³-hybridized carbons (Fsp3) is 1.00. The fourth-order valence-electron chi connectivity index (χ4n) is 1.46. The Morgan fingerprint density at radius 2 is 1.30 bits per heavy atom. The van der Waals surface area contributed by atoms with Crippen LogP contribution in [0.2, 0.25) is 0 Å². The van der Waals surface area contributed by atoms with Crippen molar-refractivity contribution in [2.45, 2.75) is 24.4 Å². The van der Waals surface area contributed by atoms with E-state index in [2.05, 4.69) is 0 Å². The van der Waals surface area contributed by atoms with E-state index in [1.165, 1.54) is 0 Å². The predicted molar refractivity (Wildman–Crippen MR) is 31.5 cm³/mol. The summed E-state index contributed by atoms with van der Waals surface area (Å²) in [6, 6.07) is 0. The van der Waals surface area contributed by atoms with Gasteiger partial charge in [0.25, 0.3) is 0 Å². The molecule has 0 spiro atoms. The summed E-state index contributed by atoms with van der Waals surface area (Å²) in [6.07, 6.45) is -1.70. The van der Waals surface area contributed by atoms with Gasteiger partial charge in [0.05, 0.1) is 13.2 Å². The molecule has 0 aromatic rings. The summed E-state index contributed by atoms with van der Waals surface area (Å²) in [5, 5.41) is 18.3. The van der Waals surface area contributed by atoms with Crippen LogP contribution in [0.4, 0.5) is 0 Å². The summed E-state index contributed by atoms with van der Waals surface area (Å²) in [4.78, 5) is 0. The lowest BCUT2D eigenvalue weighted by atomic mass is 10.1. The average molecular weight is 146 g/mol. The first-order chi connectivity index (χ1) is 4.79. The van der Waals surface area contributed by atoms with Gasteiger partial charge >= 0.3 is 0 Å². The highest BCUT2D eigenvalue weighted by Crippen LogP contribution is 2.26. The van der Waals surface area contributed by atoms with Crippen LogP contribution in [0, 0.1) is 0 Å². The van der Waals surface area contributed by atoms with Crippen molar-refractivity contribution in [1.29, 1.82) is 0 Å². The largest absolute Gasteiger partial charge is 0.388 e. The molecule has 0 radical (unpaired) electrons. The standard InChI is InChI=1S/C6H10O4/c7-3-1-9-6-4(8)2-10-5(3)6/h3-8H,1-2H2/t3-,4+,5+,6-. The normalized spacial score (nSPS) is 53.4. The third-order valence-corrected chi connectivity index (χ3v) is 2.00. The van der Waals surface area contributed by atoms with E-state index in [0.29, 0.717) is 0 Å². The van der Waals surface area contributed by atoms with Crippen LogP contribution >= 0.6 is 0 Å². The van der Waals surface area contributed by atoms with Gasteiger partial charge in [-0.1, -0.05) is 0 Å². The quantitative estimate of drug-likeness (QED) is 0.437. The van der Waals surface area contributed by atoms with E-state index in [9.17, 15) is 0 Å². The molecule has 0 aliphatic carbocycles. The maximum absolute atomic E-state index is 9.16. The van der Waals surface area contributed by atoms with Crippen molar-refractivity contribution in [3.05, 3.63) is 0 Å². The van der Waals surface area contributed by atoms with Crippen molar-refractivity contribution in [1.82, 2.24) is 0 Å². The number of aliphatic hydroxyl groups is 2. The number of hydrogen-bond acceptors (Lipinski definition) is 4. The summed E-state index contributed by atoms with van der Waals surface area (Å²) in [6.45, 7) is 0.568. The minimum atomic E-state index is -0.554. The van der Waals surface area contributed by atoms with Crippen molar-refractivity contribution in [3.63, 3.8) is 0 Å². The maximum atomic E-state index is 9.16. The van der Waals surface area contributed by atoms with Crippen LogP contribution in [0.5, 0.6) is 0 Å². The van der Waals surface area contributed by atoms with E-state index < -0.39 is 12.2 Å². The second-order valence-electron chi connectivity index (χ2n) is 2.73. The Hall–Kier alpha value is -0.160. The molecule has 2 aliphatic heterocycles. The Morgan fingerprint density at radius 3 is 1.70 bits per heavy atom. The number of rotatable bonds is 0. The molecule has 4 nitrogen and oxygen atoms in total. The zero-order valence-corrected chi connectivity index (χ0v) is 5.43. The Bertz CT molecular complexity index is 122. The predicted octanol–water partition coefficient (Wildman–Crippen LogP) is -1.49. The van der Waals surface area contributed by atoms with E-state index in [4.69, 9.17) is 19.7 Å². The highest BCUT2D eigenvalue weighted by molar-refractivity contribution is 4.93. The molecule has 0 amide bonds. The topological polar surface area (TPSA) is 58.9 Å². The van der Waals surface area contributed by atoms with Crippen LogP contribution in [0.15, 0.2) is 0 Å². The summed E-state index contributed by atoms with van der Waals surface area (Å²) in [5.74, 6) is 0. The van der Waals surface area contributed by atoms with Crippen LogP contribution in [0.25, 0.3) is 0 Å². The van der Waals surface area contributed by atoms with Gasteiger partial charge in [0.2, 0.25) is 0 Å². The lowest BCUT2D eigenvalue weighted by Gasteiger charge is -2.09. The second kappa shape index (κ2) is 2.17. The number of fused-ring (bicyclic) bond motifs is 1. The molecule has 0 saturated carbocycles. The molecule has 2 rings (SSSR count). The molecule has 2 fully saturated rings. The van der Waals surface area contributed by atoms with E-state index >= 15 is 0 Å². The fourth-order valence-corrected chi connectivity index (χ4v) is 1.46. The molecular weight excluding hydrogens is 136 g/mol. The minimum Gasteiger partial charge on any atom is -0.388 e.